The molecule has 0 aromatic carbocycles. The van der Waals surface area contributed by atoms with E-state index in [-0.39, 0.29) is 18.2 Å². The summed E-state index contributed by atoms with van der Waals surface area (Å²) in [6.07, 6.45) is 2.48. The number of fused-ring (bicyclic) bond motifs is 1. The topological polar surface area (TPSA) is 57.7 Å². The van der Waals surface area contributed by atoms with Gasteiger partial charge in [-0.3, -0.25) is 10.2 Å². The second kappa shape index (κ2) is 6.58. The van der Waals surface area contributed by atoms with Gasteiger partial charge in [-0.05, 0) is 13.5 Å². The van der Waals surface area contributed by atoms with Gasteiger partial charge in [0.15, 0.2) is 0 Å². The highest BCUT2D eigenvalue weighted by atomic mass is 35.5. The molecule has 22 heavy (non-hydrogen) atoms. The van der Waals surface area contributed by atoms with E-state index >= 15 is 0 Å². The van der Waals surface area contributed by atoms with Gasteiger partial charge in [-0.25, -0.2) is 9.78 Å². The van der Waals surface area contributed by atoms with Crippen molar-refractivity contribution in [2.75, 3.05) is 38.6 Å². The summed E-state index contributed by atoms with van der Waals surface area (Å²) in [5.41, 5.74) is 0. The molecule has 0 spiro atoms. The van der Waals surface area contributed by atoms with Gasteiger partial charge in [-0.1, -0.05) is 23.2 Å². The van der Waals surface area contributed by atoms with E-state index < -0.39 is 0 Å². The molecule has 0 saturated carbocycles. The van der Waals surface area contributed by atoms with Crippen molar-refractivity contribution < 1.29 is 9.53 Å². The average Bonchev–Trinajstić information content (AvgIpc) is 2.51. The number of ether oxygens (including phenoxy) is 1. The van der Waals surface area contributed by atoms with E-state index in [1.165, 1.54) is 6.20 Å². The van der Waals surface area contributed by atoms with Gasteiger partial charge >= 0.3 is 6.03 Å². The maximum absolute atomic E-state index is 12.4. The first-order chi connectivity index (χ1) is 10.5. The van der Waals surface area contributed by atoms with Crippen molar-refractivity contribution in [1.29, 1.82) is 0 Å². The first-order valence-electron chi connectivity index (χ1n) is 7.23. The number of rotatable bonds is 1. The molecule has 6 nitrogen and oxygen atoms in total. The average molecular weight is 345 g/mol. The van der Waals surface area contributed by atoms with E-state index in [1.54, 1.807) is 11.0 Å². The van der Waals surface area contributed by atoms with Crippen LogP contribution in [0.25, 0.3) is 0 Å². The molecule has 3 rings (SSSR count). The number of carbonyl (C=O) groups is 1. The number of hydrogen-bond donors (Lipinski definition) is 1. The first kappa shape index (κ1) is 15.8. The third kappa shape index (κ3) is 3.30. The summed E-state index contributed by atoms with van der Waals surface area (Å²) in [5.74, 6) is 0.398. The van der Waals surface area contributed by atoms with Crippen LogP contribution in [-0.4, -0.2) is 66.2 Å². The van der Waals surface area contributed by atoms with Crippen molar-refractivity contribution in [2.45, 2.75) is 18.6 Å². The molecule has 3 heterocycles. The van der Waals surface area contributed by atoms with Crippen LogP contribution in [-0.2, 0) is 4.74 Å². The van der Waals surface area contributed by atoms with E-state index in [0.29, 0.717) is 29.0 Å². The van der Waals surface area contributed by atoms with E-state index in [1.807, 2.05) is 0 Å². The molecule has 0 unspecified atom stereocenters. The lowest BCUT2D eigenvalue weighted by Crippen LogP contribution is -2.60. The van der Waals surface area contributed by atoms with Gasteiger partial charge in [0.2, 0.25) is 0 Å². The molecule has 0 radical (unpaired) electrons. The van der Waals surface area contributed by atoms with E-state index in [9.17, 15) is 4.79 Å². The quantitative estimate of drug-likeness (QED) is 0.849. The lowest BCUT2D eigenvalue weighted by atomic mass is 9.99. The standard InChI is InChI=1S/C14H18Cl2N4O2/c1-19-4-5-22-12-2-3-20(8-11(12)19)14(21)18-13-6-9(15)10(16)7-17-13/h6-7,11-12H,2-5,8H2,1H3,(H,17,18,21)/t11-,12-/m1/s1. The Balaban J connectivity index is 1.64. The van der Waals surface area contributed by atoms with Crippen LogP contribution in [0.2, 0.25) is 10.0 Å². The molecular weight excluding hydrogens is 327 g/mol. The Labute approximate surface area is 139 Å². The van der Waals surface area contributed by atoms with Gasteiger partial charge in [-0.15, -0.1) is 0 Å². The molecule has 0 bridgehead atoms. The van der Waals surface area contributed by atoms with Gasteiger partial charge in [0.05, 0.1) is 28.8 Å². The maximum atomic E-state index is 12.4. The molecular formula is C14H18Cl2N4O2. The van der Waals surface area contributed by atoms with Crippen molar-refractivity contribution >= 4 is 35.1 Å². The molecule has 2 amide bonds. The van der Waals surface area contributed by atoms with E-state index in [2.05, 4.69) is 22.2 Å². The number of morpholine rings is 1. The van der Waals surface area contributed by atoms with Crippen LogP contribution in [0.5, 0.6) is 0 Å². The fourth-order valence-corrected chi connectivity index (χ4v) is 3.15. The number of urea groups is 1. The number of piperidine rings is 1. The van der Waals surface area contributed by atoms with Crippen molar-refractivity contribution in [1.82, 2.24) is 14.8 Å². The van der Waals surface area contributed by atoms with Crippen molar-refractivity contribution in [3.05, 3.63) is 22.3 Å². The second-order valence-corrected chi connectivity index (χ2v) is 6.42. The highest BCUT2D eigenvalue weighted by Crippen LogP contribution is 2.24. The third-order valence-electron chi connectivity index (χ3n) is 4.19. The van der Waals surface area contributed by atoms with Crippen LogP contribution < -0.4 is 5.32 Å². The summed E-state index contributed by atoms with van der Waals surface area (Å²) in [4.78, 5) is 20.5. The molecule has 1 aromatic rings. The van der Waals surface area contributed by atoms with E-state index in [4.69, 9.17) is 27.9 Å². The zero-order valence-electron chi connectivity index (χ0n) is 12.3. The summed E-state index contributed by atoms with van der Waals surface area (Å²) in [6, 6.07) is 1.61. The van der Waals surface area contributed by atoms with Crippen LogP contribution in [0, 0.1) is 0 Å². The predicted octanol–water partition coefficient (Wildman–Crippen LogP) is 2.33. The molecule has 0 aliphatic carbocycles. The molecule has 2 atom stereocenters. The zero-order valence-corrected chi connectivity index (χ0v) is 13.8. The molecule has 2 fully saturated rings. The number of nitrogens with one attached hydrogen (secondary N) is 1. The maximum Gasteiger partial charge on any atom is 0.323 e. The number of aromatic nitrogens is 1. The number of anilines is 1. The highest BCUT2D eigenvalue weighted by Gasteiger charge is 2.36. The third-order valence-corrected chi connectivity index (χ3v) is 4.90. The zero-order chi connectivity index (χ0) is 15.7. The van der Waals surface area contributed by atoms with Gasteiger partial charge < -0.3 is 9.64 Å². The first-order valence-corrected chi connectivity index (χ1v) is 7.99. The van der Waals surface area contributed by atoms with E-state index in [0.717, 1.165) is 19.6 Å². The molecule has 8 heteroatoms. The number of pyridine rings is 1. The molecule has 2 aliphatic rings. The van der Waals surface area contributed by atoms with Crippen LogP contribution in [0.1, 0.15) is 6.42 Å². The largest absolute Gasteiger partial charge is 0.375 e. The predicted molar refractivity (Wildman–Crippen MR) is 85.6 cm³/mol. The molecule has 1 N–H and O–H groups in total. The number of nitrogens with zero attached hydrogens (tertiary/aromatic N) is 3. The number of likely N-dealkylation sites (N-methyl/N-ethyl adjacent to an activating group) is 1. The summed E-state index contributed by atoms with van der Waals surface area (Å²) in [7, 11) is 2.07. The van der Waals surface area contributed by atoms with Crippen molar-refractivity contribution in [3.63, 3.8) is 0 Å². The second-order valence-electron chi connectivity index (χ2n) is 5.61. The van der Waals surface area contributed by atoms with Gasteiger partial charge in [0, 0.05) is 31.9 Å². The summed E-state index contributed by atoms with van der Waals surface area (Å²) in [5, 5.41) is 3.49. The Morgan fingerprint density at radius 1 is 1.41 bits per heavy atom. The number of halogens is 2. The fourth-order valence-electron chi connectivity index (χ4n) is 2.90. The molecule has 1 aromatic heterocycles. The minimum absolute atomic E-state index is 0.177. The fraction of sp³-hybridized carbons (Fsp3) is 0.571. The molecule has 2 aliphatic heterocycles. The van der Waals surface area contributed by atoms with Gasteiger partial charge in [-0.2, -0.15) is 0 Å². The Morgan fingerprint density at radius 2 is 2.23 bits per heavy atom. The van der Waals surface area contributed by atoms with Crippen molar-refractivity contribution in [3.8, 4) is 0 Å². The minimum atomic E-state index is -0.177. The van der Waals surface area contributed by atoms with Crippen LogP contribution >= 0.6 is 23.2 Å². The Hall–Kier alpha value is -1.08. The minimum Gasteiger partial charge on any atom is -0.375 e. The summed E-state index contributed by atoms with van der Waals surface area (Å²) >= 11 is 11.8. The summed E-state index contributed by atoms with van der Waals surface area (Å²) < 4.78 is 5.78. The summed E-state index contributed by atoms with van der Waals surface area (Å²) in [6.45, 7) is 2.97. The SMILES string of the molecule is CN1CCO[C@@H]2CCN(C(=O)Nc3cc(Cl)c(Cl)cn3)C[C@H]21. The van der Waals surface area contributed by atoms with Crippen molar-refractivity contribution in [2.24, 2.45) is 0 Å². The number of likely N-dealkylation sites (tertiary alicyclic amines) is 1. The number of carbonyl (C=O) groups excluding carboxylic acids is 1. The smallest absolute Gasteiger partial charge is 0.323 e. The lowest BCUT2D eigenvalue weighted by Gasteiger charge is -2.45. The normalized spacial score (nSPS) is 25.7. The monoisotopic (exact) mass is 344 g/mol. The Kier molecular flexibility index (Phi) is 4.73. The Bertz CT molecular complexity index is 572. The molecule has 120 valence electrons. The number of amides is 2. The van der Waals surface area contributed by atoms with Crippen LogP contribution in [0.3, 0.4) is 0 Å². The van der Waals surface area contributed by atoms with Crippen LogP contribution in [0.4, 0.5) is 10.6 Å². The van der Waals surface area contributed by atoms with Gasteiger partial charge in [0.1, 0.15) is 5.82 Å². The Morgan fingerprint density at radius 3 is 3.00 bits per heavy atom. The van der Waals surface area contributed by atoms with Gasteiger partial charge in [0.25, 0.3) is 0 Å². The van der Waals surface area contributed by atoms with Crippen LogP contribution in [0.15, 0.2) is 12.3 Å². The molecule has 2 saturated heterocycles. The highest BCUT2D eigenvalue weighted by molar-refractivity contribution is 6.42. The number of hydrogen-bond acceptors (Lipinski definition) is 4. The lowest BCUT2D eigenvalue weighted by molar-refractivity contribution is -0.0875.